The van der Waals surface area contributed by atoms with E-state index in [1.807, 2.05) is 0 Å². The maximum atomic E-state index is 12.7. The van der Waals surface area contributed by atoms with E-state index in [1.54, 1.807) is 0 Å². The Morgan fingerprint density at radius 2 is 2.00 bits per heavy atom. The highest BCUT2D eigenvalue weighted by Crippen LogP contribution is 2.58. The molecular formula is C22H33N3O. The molecule has 1 aromatic rings. The van der Waals surface area contributed by atoms with Crippen molar-refractivity contribution < 1.29 is 4.79 Å². The summed E-state index contributed by atoms with van der Waals surface area (Å²) in [6, 6.07) is 9.29. The predicted molar refractivity (Wildman–Crippen MR) is 105 cm³/mol. The molecule has 0 bridgehead atoms. The number of benzene rings is 1. The van der Waals surface area contributed by atoms with Gasteiger partial charge in [0.2, 0.25) is 5.91 Å². The molecule has 142 valence electrons. The third-order valence-electron chi connectivity index (χ3n) is 6.99. The first-order valence-electron chi connectivity index (χ1n) is 10.5. The summed E-state index contributed by atoms with van der Waals surface area (Å²) < 4.78 is 0. The van der Waals surface area contributed by atoms with Crippen LogP contribution in [0.2, 0.25) is 0 Å². The quantitative estimate of drug-likeness (QED) is 0.853. The van der Waals surface area contributed by atoms with E-state index in [2.05, 4.69) is 46.7 Å². The van der Waals surface area contributed by atoms with Crippen LogP contribution in [0.3, 0.4) is 0 Å². The number of nitrogens with one attached hydrogen (secondary N) is 2. The maximum Gasteiger partial charge on any atom is 0.223 e. The fraction of sp³-hybridized carbons (Fsp3) is 0.682. The van der Waals surface area contributed by atoms with Crippen molar-refractivity contribution in [2.24, 2.45) is 11.3 Å². The van der Waals surface area contributed by atoms with Gasteiger partial charge in [0.05, 0.1) is 0 Å². The molecule has 26 heavy (non-hydrogen) atoms. The van der Waals surface area contributed by atoms with Crippen molar-refractivity contribution in [1.29, 1.82) is 0 Å². The van der Waals surface area contributed by atoms with Crippen molar-refractivity contribution in [3.8, 4) is 0 Å². The maximum absolute atomic E-state index is 12.7. The van der Waals surface area contributed by atoms with Crippen LogP contribution >= 0.6 is 0 Å². The largest absolute Gasteiger partial charge is 0.352 e. The molecule has 4 nitrogen and oxygen atoms in total. The fourth-order valence-electron chi connectivity index (χ4n) is 5.00. The van der Waals surface area contributed by atoms with Crippen LogP contribution in [0.1, 0.15) is 56.6 Å². The lowest BCUT2D eigenvalue weighted by Crippen LogP contribution is -2.37. The number of hydrogen-bond donors (Lipinski definition) is 2. The van der Waals surface area contributed by atoms with Gasteiger partial charge in [-0.2, -0.15) is 0 Å². The zero-order valence-electron chi connectivity index (χ0n) is 16.1. The van der Waals surface area contributed by atoms with E-state index in [1.165, 1.54) is 36.9 Å². The van der Waals surface area contributed by atoms with Crippen molar-refractivity contribution in [3.05, 3.63) is 35.4 Å². The smallest absolute Gasteiger partial charge is 0.223 e. The van der Waals surface area contributed by atoms with Gasteiger partial charge in [0.15, 0.2) is 0 Å². The molecule has 2 N–H and O–H groups in total. The molecule has 3 aliphatic rings. The van der Waals surface area contributed by atoms with Crippen LogP contribution in [-0.4, -0.2) is 36.5 Å². The van der Waals surface area contributed by atoms with Crippen LogP contribution in [-0.2, 0) is 17.9 Å². The lowest BCUT2D eigenvalue weighted by molar-refractivity contribution is -0.123. The second-order valence-electron chi connectivity index (χ2n) is 8.67. The Morgan fingerprint density at radius 1 is 1.23 bits per heavy atom. The van der Waals surface area contributed by atoms with Crippen LogP contribution in [0, 0.1) is 11.3 Å². The van der Waals surface area contributed by atoms with Crippen LogP contribution in [0.5, 0.6) is 0 Å². The van der Waals surface area contributed by atoms with Gasteiger partial charge in [-0.05, 0) is 75.2 Å². The zero-order chi connectivity index (χ0) is 18.0. The predicted octanol–water partition coefficient (Wildman–Crippen LogP) is 3.07. The molecule has 2 aliphatic heterocycles. The summed E-state index contributed by atoms with van der Waals surface area (Å²) in [6.45, 7) is 7.35. The molecule has 1 aliphatic carbocycles. The summed E-state index contributed by atoms with van der Waals surface area (Å²) in [7, 11) is 0. The van der Waals surface area contributed by atoms with Crippen LogP contribution in [0.15, 0.2) is 24.3 Å². The molecule has 0 radical (unpaired) electrons. The third-order valence-corrected chi connectivity index (χ3v) is 6.99. The Labute approximate surface area is 157 Å². The molecule has 2 heterocycles. The SMILES string of the molecule is CC1CCCCN1Cc1ccccc1CNC(=O)C1CC12CCNCC2. The second kappa shape index (κ2) is 7.69. The van der Waals surface area contributed by atoms with E-state index < -0.39 is 0 Å². The number of nitrogens with zero attached hydrogens (tertiary/aromatic N) is 1. The standard InChI is InChI=1S/C22H33N3O/c1-17-6-4-5-13-25(17)16-19-8-3-2-7-18(19)15-24-21(26)20-14-22(20)9-11-23-12-10-22/h2-3,7-8,17,20,23H,4-6,9-16H2,1H3,(H,24,26). The second-order valence-corrected chi connectivity index (χ2v) is 8.67. The first-order valence-corrected chi connectivity index (χ1v) is 10.5. The molecule has 3 fully saturated rings. The Bertz CT molecular complexity index is 638. The lowest BCUT2D eigenvalue weighted by Gasteiger charge is -2.33. The van der Waals surface area contributed by atoms with Gasteiger partial charge in [0.25, 0.3) is 0 Å². The minimum atomic E-state index is 0.249. The van der Waals surface area contributed by atoms with Gasteiger partial charge >= 0.3 is 0 Å². The van der Waals surface area contributed by atoms with Gasteiger partial charge in [-0.1, -0.05) is 30.7 Å². The van der Waals surface area contributed by atoms with Gasteiger partial charge in [0, 0.05) is 25.0 Å². The average Bonchev–Trinajstić information content (AvgIpc) is 3.36. The number of likely N-dealkylation sites (tertiary alicyclic amines) is 1. The number of rotatable bonds is 5. The third kappa shape index (κ3) is 3.81. The molecule has 1 spiro atoms. The van der Waals surface area contributed by atoms with Gasteiger partial charge < -0.3 is 10.6 Å². The molecular weight excluding hydrogens is 322 g/mol. The van der Waals surface area contributed by atoms with Crippen molar-refractivity contribution in [2.75, 3.05) is 19.6 Å². The molecule has 4 heteroatoms. The van der Waals surface area contributed by atoms with E-state index >= 15 is 0 Å². The van der Waals surface area contributed by atoms with Crippen molar-refractivity contribution in [1.82, 2.24) is 15.5 Å². The van der Waals surface area contributed by atoms with Gasteiger partial charge in [-0.3, -0.25) is 9.69 Å². The zero-order valence-corrected chi connectivity index (χ0v) is 16.1. The first kappa shape index (κ1) is 18.0. The Kier molecular flexibility index (Phi) is 5.32. The normalized spacial score (nSPS) is 28.0. The number of amides is 1. The van der Waals surface area contributed by atoms with E-state index in [0.717, 1.165) is 38.9 Å². The van der Waals surface area contributed by atoms with E-state index in [-0.39, 0.29) is 11.8 Å². The number of carbonyl (C=O) groups is 1. The van der Waals surface area contributed by atoms with Crippen LogP contribution < -0.4 is 10.6 Å². The Balaban J connectivity index is 1.34. The number of piperidine rings is 2. The number of hydrogen-bond acceptors (Lipinski definition) is 3. The topological polar surface area (TPSA) is 44.4 Å². The van der Waals surface area contributed by atoms with Gasteiger partial charge in [-0.15, -0.1) is 0 Å². The molecule has 2 saturated heterocycles. The van der Waals surface area contributed by atoms with E-state index in [4.69, 9.17) is 0 Å². The average molecular weight is 356 g/mol. The summed E-state index contributed by atoms with van der Waals surface area (Å²) >= 11 is 0. The number of carbonyl (C=O) groups excluding carboxylic acids is 1. The van der Waals surface area contributed by atoms with E-state index in [0.29, 0.717) is 18.0 Å². The molecule has 2 unspecified atom stereocenters. The van der Waals surface area contributed by atoms with Crippen molar-refractivity contribution in [2.45, 2.75) is 64.6 Å². The highest BCUT2D eigenvalue weighted by atomic mass is 16.2. The van der Waals surface area contributed by atoms with Crippen molar-refractivity contribution >= 4 is 5.91 Å². The highest BCUT2D eigenvalue weighted by molar-refractivity contribution is 5.82. The molecule has 1 amide bonds. The minimum Gasteiger partial charge on any atom is -0.352 e. The lowest BCUT2D eigenvalue weighted by atomic mass is 9.91. The van der Waals surface area contributed by atoms with E-state index in [9.17, 15) is 4.79 Å². The van der Waals surface area contributed by atoms with Crippen LogP contribution in [0.4, 0.5) is 0 Å². The summed E-state index contributed by atoms with van der Waals surface area (Å²) in [5, 5.41) is 6.65. The first-order chi connectivity index (χ1) is 12.7. The highest BCUT2D eigenvalue weighted by Gasteiger charge is 2.57. The van der Waals surface area contributed by atoms with Gasteiger partial charge in [0.1, 0.15) is 0 Å². The summed E-state index contributed by atoms with van der Waals surface area (Å²) in [5.41, 5.74) is 2.96. The summed E-state index contributed by atoms with van der Waals surface area (Å²) in [5.74, 6) is 0.520. The summed E-state index contributed by atoms with van der Waals surface area (Å²) in [6.07, 6.45) is 7.38. The Morgan fingerprint density at radius 3 is 2.77 bits per heavy atom. The van der Waals surface area contributed by atoms with Gasteiger partial charge in [-0.25, -0.2) is 0 Å². The van der Waals surface area contributed by atoms with Crippen molar-refractivity contribution in [3.63, 3.8) is 0 Å². The molecule has 4 rings (SSSR count). The summed E-state index contributed by atoms with van der Waals surface area (Å²) in [4.78, 5) is 15.3. The molecule has 1 saturated carbocycles. The minimum absolute atomic E-state index is 0.249. The molecule has 1 aromatic carbocycles. The Hall–Kier alpha value is -1.39. The molecule has 2 atom stereocenters. The van der Waals surface area contributed by atoms with Crippen LogP contribution in [0.25, 0.3) is 0 Å². The monoisotopic (exact) mass is 355 g/mol. The fourth-order valence-corrected chi connectivity index (χ4v) is 5.00. The molecule has 0 aromatic heterocycles.